The van der Waals surface area contributed by atoms with Crippen LogP contribution in [0.25, 0.3) is 16.7 Å². The van der Waals surface area contributed by atoms with Crippen molar-refractivity contribution in [2.24, 2.45) is 0 Å². The monoisotopic (exact) mass is 376 g/mol. The van der Waals surface area contributed by atoms with Crippen molar-refractivity contribution < 1.29 is 4.79 Å². The van der Waals surface area contributed by atoms with Crippen LogP contribution < -0.4 is 5.32 Å². The third-order valence-electron chi connectivity index (χ3n) is 4.35. The summed E-state index contributed by atoms with van der Waals surface area (Å²) in [5.41, 5.74) is 4.49. The summed E-state index contributed by atoms with van der Waals surface area (Å²) in [6.45, 7) is 4.68. The van der Waals surface area contributed by atoms with Gasteiger partial charge in [-0.25, -0.2) is 9.97 Å². The van der Waals surface area contributed by atoms with E-state index in [4.69, 9.17) is 0 Å². The molecular weight excluding hydrogens is 356 g/mol. The molecule has 0 atom stereocenters. The van der Waals surface area contributed by atoms with Crippen LogP contribution in [-0.2, 0) is 6.54 Å². The zero-order chi connectivity index (χ0) is 18.8. The van der Waals surface area contributed by atoms with E-state index in [2.05, 4.69) is 29.1 Å². The van der Waals surface area contributed by atoms with E-state index in [0.717, 1.165) is 27.4 Å². The van der Waals surface area contributed by atoms with E-state index in [0.29, 0.717) is 18.0 Å². The van der Waals surface area contributed by atoms with Gasteiger partial charge in [-0.1, -0.05) is 26.0 Å². The maximum atomic E-state index is 12.4. The molecular formula is C21H20N4OS. The minimum absolute atomic E-state index is 0.101. The first kappa shape index (κ1) is 17.4. The number of imidazole rings is 1. The van der Waals surface area contributed by atoms with Crippen molar-refractivity contribution in [1.29, 1.82) is 0 Å². The summed E-state index contributed by atoms with van der Waals surface area (Å²) in [5.74, 6) is 0.308. The SMILES string of the molecule is CC(C)c1nc(CNC(=O)c2ccc(-n3cnc4ccccc43)cc2)cs1. The number of para-hydroxylation sites is 2. The second-order valence-corrected chi connectivity index (χ2v) is 7.55. The van der Waals surface area contributed by atoms with Gasteiger partial charge >= 0.3 is 0 Å². The van der Waals surface area contributed by atoms with E-state index < -0.39 is 0 Å². The predicted octanol–water partition coefficient (Wildman–Crippen LogP) is 4.54. The van der Waals surface area contributed by atoms with E-state index in [1.54, 1.807) is 17.7 Å². The van der Waals surface area contributed by atoms with Crippen LogP contribution in [0.15, 0.2) is 60.2 Å². The summed E-state index contributed by atoms with van der Waals surface area (Å²) in [7, 11) is 0. The molecule has 2 heterocycles. The van der Waals surface area contributed by atoms with Crippen molar-refractivity contribution in [1.82, 2.24) is 19.9 Å². The van der Waals surface area contributed by atoms with Crippen molar-refractivity contribution >= 4 is 28.3 Å². The molecule has 27 heavy (non-hydrogen) atoms. The number of hydrogen-bond acceptors (Lipinski definition) is 4. The van der Waals surface area contributed by atoms with E-state index in [9.17, 15) is 4.79 Å². The molecule has 1 N–H and O–H groups in total. The van der Waals surface area contributed by atoms with Gasteiger partial charge < -0.3 is 5.32 Å². The maximum Gasteiger partial charge on any atom is 0.251 e. The zero-order valence-corrected chi connectivity index (χ0v) is 16.0. The van der Waals surface area contributed by atoms with Crippen LogP contribution in [0.2, 0.25) is 0 Å². The highest BCUT2D eigenvalue weighted by atomic mass is 32.1. The Morgan fingerprint density at radius 3 is 2.67 bits per heavy atom. The fourth-order valence-electron chi connectivity index (χ4n) is 2.88. The molecule has 5 nitrogen and oxygen atoms in total. The fraction of sp³-hybridized carbons (Fsp3) is 0.190. The average molecular weight is 376 g/mol. The smallest absolute Gasteiger partial charge is 0.251 e. The molecule has 0 saturated heterocycles. The first-order chi connectivity index (χ1) is 13.1. The summed E-state index contributed by atoms with van der Waals surface area (Å²) < 4.78 is 2.01. The molecule has 4 aromatic rings. The van der Waals surface area contributed by atoms with Crippen LogP contribution in [0.4, 0.5) is 0 Å². The highest BCUT2D eigenvalue weighted by Gasteiger charge is 2.10. The molecule has 0 bridgehead atoms. The molecule has 6 heteroatoms. The quantitative estimate of drug-likeness (QED) is 0.556. The van der Waals surface area contributed by atoms with Gasteiger partial charge in [0.2, 0.25) is 0 Å². The second kappa shape index (κ2) is 7.32. The molecule has 4 rings (SSSR count). The lowest BCUT2D eigenvalue weighted by atomic mass is 10.2. The molecule has 0 spiro atoms. The van der Waals surface area contributed by atoms with Crippen LogP contribution in [0.1, 0.15) is 40.8 Å². The van der Waals surface area contributed by atoms with E-state index in [1.165, 1.54) is 0 Å². The van der Waals surface area contributed by atoms with Crippen LogP contribution in [-0.4, -0.2) is 20.4 Å². The Bertz CT molecular complexity index is 1080. The van der Waals surface area contributed by atoms with E-state index in [1.807, 2.05) is 58.5 Å². The zero-order valence-electron chi connectivity index (χ0n) is 15.2. The third kappa shape index (κ3) is 3.61. The van der Waals surface area contributed by atoms with Crippen molar-refractivity contribution in [3.63, 3.8) is 0 Å². The molecule has 1 amide bonds. The molecule has 2 aromatic heterocycles. The molecule has 0 fully saturated rings. The van der Waals surface area contributed by atoms with Gasteiger partial charge in [-0.2, -0.15) is 0 Å². The number of amides is 1. The Balaban J connectivity index is 1.46. The number of nitrogens with one attached hydrogen (secondary N) is 1. The fourth-order valence-corrected chi connectivity index (χ4v) is 3.72. The predicted molar refractivity (Wildman–Crippen MR) is 108 cm³/mol. The second-order valence-electron chi connectivity index (χ2n) is 6.66. The molecule has 0 aliphatic heterocycles. The summed E-state index contributed by atoms with van der Waals surface area (Å²) >= 11 is 1.64. The Morgan fingerprint density at radius 2 is 1.93 bits per heavy atom. The molecule has 0 aliphatic carbocycles. The van der Waals surface area contributed by atoms with Crippen LogP contribution >= 0.6 is 11.3 Å². The molecule has 2 aromatic carbocycles. The molecule has 136 valence electrons. The number of nitrogens with zero attached hydrogens (tertiary/aromatic N) is 3. The van der Waals surface area contributed by atoms with Gasteiger partial charge in [-0.15, -0.1) is 11.3 Å². The van der Waals surface area contributed by atoms with Crippen LogP contribution in [0, 0.1) is 0 Å². The van der Waals surface area contributed by atoms with Gasteiger partial charge in [0, 0.05) is 22.5 Å². The van der Waals surface area contributed by atoms with Crippen LogP contribution in [0.5, 0.6) is 0 Å². The summed E-state index contributed by atoms with van der Waals surface area (Å²) in [5, 5.41) is 6.03. The Morgan fingerprint density at radius 1 is 1.15 bits per heavy atom. The van der Waals surface area contributed by atoms with Crippen molar-refractivity contribution in [3.8, 4) is 5.69 Å². The molecule has 0 saturated carbocycles. The highest BCUT2D eigenvalue weighted by Crippen LogP contribution is 2.20. The lowest BCUT2D eigenvalue weighted by Gasteiger charge is -2.07. The lowest BCUT2D eigenvalue weighted by molar-refractivity contribution is 0.0950. The topological polar surface area (TPSA) is 59.8 Å². The lowest BCUT2D eigenvalue weighted by Crippen LogP contribution is -2.22. The average Bonchev–Trinajstić information content (AvgIpc) is 3.33. The van der Waals surface area contributed by atoms with Gasteiger partial charge in [0.25, 0.3) is 5.91 Å². The van der Waals surface area contributed by atoms with Crippen molar-refractivity contribution in [2.45, 2.75) is 26.3 Å². The van der Waals surface area contributed by atoms with Crippen molar-refractivity contribution in [2.75, 3.05) is 0 Å². The van der Waals surface area contributed by atoms with E-state index in [-0.39, 0.29) is 5.91 Å². The molecule has 0 unspecified atom stereocenters. The third-order valence-corrected chi connectivity index (χ3v) is 5.55. The number of hydrogen-bond donors (Lipinski definition) is 1. The molecule has 0 aliphatic rings. The van der Waals surface area contributed by atoms with Crippen molar-refractivity contribution in [3.05, 3.63) is 76.5 Å². The van der Waals surface area contributed by atoms with Gasteiger partial charge in [-0.05, 0) is 36.4 Å². The van der Waals surface area contributed by atoms with Crippen LogP contribution in [0.3, 0.4) is 0 Å². The van der Waals surface area contributed by atoms with Gasteiger partial charge in [-0.3, -0.25) is 9.36 Å². The summed E-state index contributed by atoms with van der Waals surface area (Å²) in [6.07, 6.45) is 1.80. The first-order valence-electron chi connectivity index (χ1n) is 8.87. The standard InChI is InChI=1S/C21H20N4OS/c1-14(2)21-24-16(12-27-21)11-22-20(26)15-7-9-17(10-8-15)25-13-23-18-5-3-4-6-19(18)25/h3-10,12-14H,11H2,1-2H3,(H,22,26). The summed E-state index contributed by atoms with van der Waals surface area (Å²) in [4.78, 5) is 21.4. The largest absolute Gasteiger partial charge is 0.346 e. The number of thiazole rings is 1. The number of rotatable bonds is 5. The number of carbonyl (C=O) groups excluding carboxylic acids is 1. The Hall–Kier alpha value is -2.99. The number of aromatic nitrogens is 3. The first-order valence-corrected chi connectivity index (χ1v) is 9.75. The Kier molecular flexibility index (Phi) is 4.73. The Labute approximate surface area is 161 Å². The number of benzene rings is 2. The van der Waals surface area contributed by atoms with E-state index >= 15 is 0 Å². The number of carbonyl (C=O) groups is 1. The maximum absolute atomic E-state index is 12.4. The minimum atomic E-state index is -0.101. The minimum Gasteiger partial charge on any atom is -0.346 e. The van der Waals surface area contributed by atoms with Gasteiger partial charge in [0.05, 0.1) is 28.3 Å². The normalized spacial score (nSPS) is 11.2. The van der Waals surface area contributed by atoms with Gasteiger partial charge in [0.1, 0.15) is 6.33 Å². The highest BCUT2D eigenvalue weighted by molar-refractivity contribution is 7.09. The number of fused-ring (bicyclic) bond motifs is 1. The van der Waals surface area contributed by atoms with Gasteiger partial charge in [0.15, 0.2) is 0 Å². The molecule has 0 radical (unpaired) electrons. The summed E-state index contributed by atoms with van der Waals surface area (Å²) in [6, 6.07) is 15.5.